The lowest BCUT2D eigenvalue weighted by atomic mass is 9.86. The summed E-state index contributed by atoms with van der Waals surface area (Å²) in [6.07, 6.45) is 2.47. The monoisotopic (exact) mass is 1650 g/mol. The van der Waals surface area contributed by atoms with Crippen LogP contribution in [0.2, 0.25) is 0 Å². The first kappa shape index (κ1) is 86.0. The Morgan fingerprint density at radius 1 is 0.336 bits per heavy atom. The Morgan fingerprint density at radius 3 is 1.16 bits per heavy atom. The van der Waals surface area contributed by atoms with Gasteiger partial charge in [-0.2, -0.15) is 13.2 Å². The summed E-state index contributed by atoms with van der Waals surface area (Å²) in [4.78, 5) is 24.9. The molecule has 122 heavy (non-hydrogen) atoms. The standard InChI is InChI=1S/C19H20F3NO.C18H20FNO.C18H25N3O.C18H21NO.C15H13N3O.C14H13NO/c1-18(2,3)14-7-8-17-13(9-14)11-23(12-24-17)16-6-4-5-15(10-16)19(20,21)22;1-18(2,3)14-4-9-17-13(10-14)11-20(12-21-17)16-7-5-15(19)6-8-16;1-18(2,3)16-5-6-17-15(11-16)12-21(14-22-17)9-4-8-20-10-7-19-13-20;1-18(2,3)15-9-10-17-14(11-15)12-19(13-20-17)16-7-5-4-6-8-16;1-4-8-14-11(5-1)9-18(10-19-14)15-16-12-6-2-3-7-13(12)17-15;1-2-7-13(8-3-1)15-10-12-6-4-5-9-14(12)16-11-15/h4-10H,11-12H2,1-3H3;4-10H,11-12H2,1-3H3;5-7,10-11,13H,4,8-9,12,14H2,1-3H3;4-11H,12-13H2,1-3H3;1-8H,9-10H2,(H,16,17);1-9H,10-11H2. The quantitative estimate of drug-likeness (QED) is 0.138. The Hall–Kier alpha value is -12.4. The molecule has 6 aliphatic heterocycles. The minimum atomic E-state index is -4.34. The van der Waals surface area contributed by atoms with Crippen LogP contribution >= 0.6 is 0 Å². The van der Waals surface area contributed by atoms with Crippen LogP contribution in [0.1, 0.15) is 151 Å². The Morgan fingerprint density at radius 2 is 0.713 bits per heavy atom. The summed E-state index contributed by atoms with van der Waals surface area (Å²) >= 11 is 0. The van der Waals surface area contributed by atoms with E-state index in [1.54, 1.807) is 18.2 Å². The molecule has 0 atom stereocenters. The van der Waals surface area contributed by atoms with Crippen LogP contribution in [0, 0.1) is 5.82 Å². The lowest BCUT2D eigenvalue weighted by Crippen LogP contribution is -2.33. The second kappa shape index (κ2) is 37.7. The molecule has 0 radical (unpaired) electrons. The molecule has 2 aromatic heterocycles. The van der Waals surface area contributed by atoms with Gasteiger partial charge in [0.25, 0.3) is 0 Å². The molecule has 11 aromatic carbocycles. The molecule has 1 N–H and O–H groups in total. The van der Waals surface area contributed by atoms with Gasteiger partial charge in [-0.05, 0) is 184 Å². The molecule has 0 spiro atoms. The van der Waals surface area contributed by atoms with Gasteiger partial charge in [-0.15, -0.1) is 0 Å². The largest absolute Gasteiger partial charge is 0.478 e. The first-order valence-electron chi connectivity index (χ1n) is 41.8. The van der Waals surface area contributed by atoms with Crippen molar-refractivity contribution in [3.05, 3.63) is 341 Å². The molecule has 634 valence electrons. The van der Waals surface area contributed by atoms with Crippen molar-refractivity contribution in [3.63, 3.8) is 0 Å². The summed E-state index contributed by atoms with van der Waals surface area (Å²) in [6.45, 7) is 36.6. The number of hydrogen-bond donors (Lipinski definition) is 1. The molecular formula is C102H112F4N10O6. The van der Waals surface area contributed by atoms with E-state index in [1.165, 1.54) is 85.7 Å². The van der Waals surface area contributed by atoms with Crippen molar-refractivity contribution in [2.24, 2.45) is 0 Å². The third-order valence-electron chi connectivity index (χ3n) is 22.2. The number of nitrogens with one attached hydrogen (secondary N) is 1. The van der Waals surface area contributed by atoms with Gasteiger partial charge >= 0.3 is 6.18 Å². The highest BCUT2D eigenvalue weighted by molar-refractivity contribution is 5.77. The summed E-state index contributed by atoms with van der Waals surface area (Å²) in [6, 6.07) is 82.7. The first-order valence-corrected chi connectivity index (χ1v) is 41.8. The number of halogens is 4. The number of aromatic amines is 1. The van der Waals surface area contributed by atoms with Crippen molar-refractivity contribution in [2.45, 2.75) is 163 Å². The van der Waals surface area contributed by atoms with Gasteiger partial charge in [-0.3, -0.25) is 4.90 Å². The number of anilines is 5. The fraction of sp³-hybridized carbons (Fsp3) is 0.314. The van der Waals surface area contributed by atoms with E-state index in [0.717, 1.165) is 121 Å². The smallest absolute Gasteiger partial charge is 0.416 e. The number of benzene rings is 11. The number of aryl methyl sites for hydroxylation is 1. The van der Waals surface area contributed by atoms with E-state index in [2.05, 4.69) is 254 Å². The normalized spacial score (nSPS) is 14.7. The van der Waals surface area contributed by atoms with Crippen molar-refractivity contribution in [1.29, 1.82) is 0 Å². The van der Waals surface area contributed by atoms with E-state index < -0.39 is 11.7 Å². The molecule has 0 saturated heterocycles. The SMILES string of the molecule is CC(C)(C)c1ccc2c(c1)CN(CCCn1ccnc1)CO2.CC(C)(C)c1ccc2c(c1)CN(c1ccc(F)cc1)CO2.CC(C)(C)c1ccc2c(c1)CN(c1cccc(C(F)(F)F)c1)CO2.CC(C)(C)c1ccc2c(c1)CN(c1ccccc1)CO2.c1ccc(N2COc3ccccc3C2)cc1.c1ccc2c(c1)CN(c1nc3ccccc3[nH]1)CO2. The summed E-state index contributed by atoms with van der Waals surface area (Å²) in [7, 11) is 0. The molecule has 20 heteroatoms. The van der Waals surface area contributed by atoms with Gasteiger partial charge in [-0.25, -0.2) is 14.4 Å². The average molecular weight is 1650 g/mol. The lowest BCUT2D eigenvalue weighted by Gasteiger charge is -2.32. The second-order valence-electron chi connectivity index (χ2n) is 35.6. The molecule has 0 saturated carbocycles. The molecule has 19 rings (SSSR count). The molecule has 6 aliphatic rings. The van der Waals surface area contributed by atoms with Gasteiger partial charge in [0.15, 0.2) is 33.7 Å². The summed E-state index contributed by atoms with van der Waals surface area (Å²) in [5, 5.41) is 0. The van der Waals surface area contributed by atoms with E-state index in [9.17, 15) is 17.6 Å². The van der Waals surface area contributed by atoms with Crippen molar-refractivity contribution < 1.29 is 46.0 Å². The van der Waals surface area contributed by atoms with E-state index in [4.69, 9.17) is 28.4 Å². The third kappa shape index (κ3) is 22.4. The zero-order valence-electron chi connectivity index (χ0n) is 72.1. The number of aromatic nitrogens is 4. The number of nitrogens with zero attached hydrogens (tertiary/aromatic N) is 9. The zero-order valence-corrected chi connectivity index (χ0v) is 72.1. The fourth-order valence-corrected chi connectivity index (χ4v) is 15.0. The number of H-pyrrole nitrogens is 1. The third-order valence-corrected chi connectivity index (χ3v) is 22.2. The number of alkyl halides is 3. The van der Waals surface area contributed by atoms with Crippen molar-refractivity contribution in [2.75, 3.05) is 71.4 Å². The molecule has 0 amide bonds. The molecule has 0 aliphatic carbocycles. The molecule has 16 nitrogen and oxygen atoms in total. The van der Waals surface area contributed by atoms with Crippen molar-refractivity contribution in [1.82, 2.24) is 24.4 Å². The molecular weight excluding hydrogens is 1540 g/mol. The minimum absolute atomic E-state index is 0.00745. The van der Waals surface area contributed by atoms with E-state index in [1.807, 2.05) is 102 Å². The maximum atomic E-state index is 13.0. The number of hydrogen-bond acceptors (Lipinski definition) is 14. The topological polar surface area (TPSA) is 121 Å². The predicted octanol–water partition coefficient (Wildman–Crippen LogP) is 23.6. The van der Waals surface area contributed by atoms with Crippen LogP contribution in [0.25, 0.3) is 11.0 Å². The van der Waals surface area contributed by atoms with Crippen LogP contribution in [-0.2, 0) is 73.6 Å². The van der Waals surface area contributed by atoms with Gasteiger partial charge in [-0.1, -0.05) is 204 Å². The van der Waals surface area contributed by atoms with E-state index in [0.29, 0.717) is 45.9 Å². The van der Waals surface area contributed by atoms with Crippen molar-refractivity contribution in [3.8, 4) is 34.5 Å². The molecule has 0 unspecified atom stereocenters. The summed E-state index contributed by atoms with van der Waals surface area (Å²) in [5.74, 6) is 6.42. The maximum Gasteiger partial charge on any atom is 0.416 e. The van der Waals surface area contributed by atoms with Gasteiger partial charge in [0.1, 0.15) is 47.0 Å². The summed E-state index contributed by atoms with van der Waals surface area (Å²) in [5.41, 5.74) is 18.2. The minimum Gasteiger partial charge on any atom is -0.478 e. The molecule has 0 fully saturated rings. The van der Waals surface area contributed by atoms with Crippen molar-refractivity contribution >= 4 is 39.7 Å². The zero-order chi connectivity index (χ0) is 85.8. The van der Waals surface area contributed by atoms with Crippen LogP contribution in [0.15, 0.2) is 274 Å². The van der Waals surface area contributed by atoms with Gasteiger partial charge in [0.2, 0.25) is 5.95 Å². The van der Waals surface area contributed by atoms with Gasteiger partial charge in [0.05, 0.1) is 29.5 Å². The van der Waals surface area contributed by atoms with Crippen LogP contribution in [0.3, 0.4) is 0 Å². The highest BCUT2D eigenvalue weighted by Crippen LogP contribution is 2.40. The van der Waals surface area contributed by atoms with E-state index in [-0.39, 0.29) is 34.2 Å². The van der Waals surface area contributed by atoms with Crippen LogP contribution in [0.5, 0.6) is 34.5 Å². The molecule has 13 aromatic rings. The van der Waals surface area contributed by atoms with Gasteiger partial charge in [0, 0.05) is 114 Å². The summed E-state index contributed by atoms with van der Waals surface area (Å²) < 4.78 is 88.7. The van der Waals surface area contributed by atoms with Gasteiger partial charge < -0.3 is 62.5 Å². The number of fused-ring (bicyclic) bond motifs is 7. The Bertz CT molecular complexity index is 5570. The maximum absolute atomic E-state index is 13.0. The van der Waals surface area contributed by atoms with Crippen LogP contribution in [-0.4, -0.2) is 71.3 Å². The van der Waals surface area contributed by atoms with E-state index >= 15 is 0 Å². The highest BCUT2D eigenvalue weighted by Gasteiger charge is 2.33. The average Bonchev–Trinajstić information content (AvgIpc) is 1.36. The number of para-hydroxylation sites is 6. The fourth-order valence-electron chi connectivity index (χ4n) is 15.0. The second-order valence-corrected chi connectivity index (χ2v) is 35.6. The predicted molar refractivity (Wildman–Crippen MR) is 481 cm³/mol. The number of ether oxygens (including phenoxy) is 6. The Balaban J connectivity index is 0.000000120. The highest BCUT2D eigenvalue weighted by atomic mass is 19.4. The first-order chi connectivity index (χ1) is 58.5. The number of imidazole rings is 2. The van der Waals surface area contributed by atoms with Crippen LogP contribution < -0.4 is 52.9 Å². The number of rotatable bonds is 9. The van der Waals surface area contributed by atoms with Crippen LogP contribution in [0.4, 0.5) is 46.3 Å². The molecule has 0 bridgehead atoms. The Labute approximate surface area is 715 Å². The molecule has 8 heterocycles. The lowest BCUT2D eigenvalue weighted by molar-refractivity contribution is -0.137. The Kier molecular flexibility index (Phi) is 26.6.